The van der Waals surface area contributed by atoms with Crippen LogP contribution < -0.4 is 0 Å². The van der Waals surface area contributed by atoms with Crippen LogP contribution >= 0.6 is 108 Å². The van der Waals surface area contributed by atoms with Gasteiger partial charge in [0.05, 0.1) is 22.1 Å². The van der Waals surface area contributed by atoms with Gasteiger partial charge < -0.3 is 19.1 Å². The molecule has 14 aromatic carbocycles. The molecule has 3 aliphatic carbocycles. The first-order chi connectivity index (χ1) is 66.6. The quantitative estimate of drug-likeness (QED) is 0.0214. The Morgan fingerprint density at radius 1 is 0.235 bits per heavy atom. The normalized spacial score (nSPS) is 13.1. The average molecular weight is 2200 g/mol. The van der Waals surface area contributed by atoms with Crippen molar-refractivity contribution in [3.8, 4) is 44.8 Å². The monoisotopic (exact) mass is 2190 g/mol. The number of rotatable bonds is 32. The van der Waals surface area contributed by atoms with Crippen LogP contribution in [0.4, 0.5) is 0 Å². The van der Waals surface area contributed by atoms with E-state index in [1.54, 1.807) is 22.3 Å². The summed E-state index contributed by atoms with van der Waals surface area (Å²) in [6.45, 7) is 13.9. The molecular weight excluding hydrogens is 2070 g/mol. The first-order valence-corrected chi connectivity index (χ1v) is 55.6. The standard InChI is InChI=1S/C37H39Br2N.C37H40BrN.C25H32Br2.C12H8BrN.C12H9N.BHNS/c1-3-5-7-11-21-37(22-12-8-6-4-2)33-24-27(39)15-18-29(33)30-19-17-28(25-34(30)37)40-35-14-10-9-13-31(35)32-23-26(38)16-20-36(32)40;1-3-5-7-13-23-37(24-14-8-6-4-2)33-25-27(38)19-21-29(33)30-22-20-28(26-34(30)37)39-35-17-11-9-15-31(35)32-16-10-12-18-36(32)39;1-3-5-7-9-15-25(16-10-8-6-4-2)23-17-19(26)11-13-21(23)22-14-12-20(27)18-24(22)25;13-8-5-6-12-10(7-8)9-3-1-2-4-11(9)14-12;1-3-7-11-9(5-1)10-6-2-4-8-12(10)13-11;1-2-3/h9-10,13-20,23-25H,3-8,11-12,21-22H2,1-2H3;9-12,15-22,25-26H,3-8,13-14,23-24H2,1-2H3;11-14,17-18H,3-10,15-16H2,1-2H3;1-7,14H;1-8,13H;3H. The number of unbranched alkanes of at least 4 members (excludes halogenated alkanes) is 18. The summed E-state index contributed by atoms with van der Waals surface area (Å²) in [5.74, 6) is 0. The Balaban J connectivity index is 0.000000129. The Morgan fingerprint density at radius 2 is 0.456 bits per heavy atom. The van der Waals surface area contributed by atoms with Crippen molar-refractivity contribution in [2.45, 2.75) is 250 Å². The molecule has 0 saturated carbocycles. The Labute approximate surface area is 864 Å². The summed E-state index contributed by atoms with van der Waals surface area (Å²) >= 11 is 25.6. The third-order valence-corrected chi connectivity index (χ3v) is 32.2. The molecule has 21 rings (SSSR count). The summed E-state index contributed by atoms with van der Waals surface area (Å²) in [4.78, 5) is 6.76. The van der Waals surface area contributed by atoms with Gasteiger partial charge in [0.25, 0.3) is 0 Å². The van der Waals surface area contributed by atoms with E-state index in [1.165, 1.54) is 354 Å². The van der Waals surface area contributed by atoms with Crippen molar-refractivity contribution in [1.29, 1.82) is 0 Å². The molecule has 3 aliphatic rings. The van der Waals surface area contributed by atoms with Crippen molar-refractivity contribution >= 4 is 203 Å². The summed E-state index contributed by atoms with van der Waals surface area (Å²) in [5, 5.41) is 10.4. The predicted molar refractivity (Wildman–Crippen MR) is 614 cm³/mol. The summed E-state index contributed by atoms with van der Waals surface area (Å²) in [7, 11) is 4.34. The molecule has 5 nitrogen and oxygen atoms in total. The Kier molecular flexibility index (Phi) is 35.1. The number of benzene rings is 14. The maximum absolute atomic E-state index is 4.34. The number of H-pyrrole nitrogens is 2. The van der Waals surface area contributed by atoms with Gasteiger partial charge in [-0.05, 0) is 251 Å². The van der Waals surface area contributed by atoms with Gasteiger partial charge in [-0.25, -0.2) is 0 Å². The fourth-order valence-electron chi connectivity index (χ4n) is 22.8. The maximum atomic E-state index is 4.34. The molecule has 13 heteroatoms. The van der Waals surface area contributed by atoms with E-state index in [9.17, 15) is 0 Å². The maximum Gasteiger partial charge on any atom is 0.0464 e. The first-order valence-electron chi connectivity index (χ1n) is 50.4. The van der Waals surface area contributed by atoms with Crippen LogP contribution in [-0.4, -0.2) is 26.7 Å². The second kappa shape index (κ2) is 47.6. The van der Waals surface area contributed by atoms with Crippen molar-refractivity contribution < 1.29 is 0 Å². The fraction of sp³-hybridized carbons (Fsp3) is 0.317. The fourth-order valence-corrected chi connectivity index (χ4v) is 25.0. The van der Waals surface area contributed by atoms with Gasteiger partial charge in [-0.1, -0.05) is 437 Å². The summed E-state index contributed by atoms with van der Waals surface area (Å²) in [5.41, 5.74) is 30.7. The van der Waals surface area contributed by atoms with E-state index >= 15 is 0 Å². The number of thiol groups is 1. The third-order valence-electron chi connectivity index (χ3n) is 29.3. The third kappa shape index (κ3) is 21.6. The molecule has 1 radical (unpaired) electrons. The molecule has 18 aromatic rings. The molecule has 136 heavy (non-hydrogen) atoms. The summed E-state index contributed by atoms with van der Waals surface area (Å²) < 4.78 is 14.7. The molecule has 0 saturated heterocycles. The zero-order valence-electron chi connectivity index (χ0n) is 80.1. The second-order valence-electron chi connectivity index (χ2n) is 37.9. The van der Waals surface area contributed by atoms with Gasteiger partial charge in [-0.15, -0.1) is 0 Å². The second-order valence-corrected chi connectivity index (χ2v) is 43.6. The van der Waals surface area contributed by atoms with Crippen LogP contribution in [0.15, 0.2) is 322 Å². The van der Waals surface area contributed by atoms with E-state index in [1.807, 2.05) is 6.07 Å². The van der Waals surface area contributed by atoms with Crippen molar-refractivity contribution in [1.82, 2.24) is 19.1 Å². The molecule has 4 aromatic heterocycles. The van der Waals surface area contributed by atoms with Crippen LogP contribution in [0.1, 0.15) is 268 Å². The summed E-state index contributed by atoms with van der Waals surface area (Å²) in [6.07, 6.45) is 38.9. The number of hydrogen-bond donors (Lipinski definition) is 3. The van der Waals surface area contributed by atoms with Crippen molar-refractivity contribution in [2.75, 3.05) is 0 Å². The van der Waals surface area contributed by atoms with Crippen molar-refractivity contribution in [3.63, 3.8) is 0 Å². The zero-order chi connectivity index (χ0) is 94.7. The molecule has 0 bridgehead atoms. The molecule has 0 amide bonds. The molecule has 2 N–H and O–H groups in total. The van der Waals surface area contributed by atoms with E-state index in [2.05, 4.69) is 466 Å². The van der Waals surface area contributed by atoms with Crippen molar-refractivity contribution in [3.05, 3.63) is 351 Å². The minimum absolute atomic E-state index is 0.0632. The predicted octanol–water partition coefficient (Wildman–Crippen LogP) is 41.3. The molecule has 0 aliphatic heterocycles. The van der Waals surface area contributed by atoms with Gasteiger partial charge in [0.2, 0.25) is 0 Å². The van der Waals surface area contributed by atoms with Crippen molar-refractivity contribution in [2.24, 2.45) is 4.30 Å². The molecule has 0 unspecified atom stereocenters. The van der Waals surface area contributed by atoms with Crippen LogP contribution in [0, 0.1) is 0 Å². The average Bonchev–Trinajstić information content (AvgIpc) is 1.56. The number of aromatic nitrogens is 4. The molecular formula is C123H129BBr6N5S. The van der Waals surface area contributed by atoms with E-state index < -0.39 is 0 Å². The molecule has 0 fully saturated rings. The van der Waals surface area contributed by atoms with Gasteiger partial charge in [0, 0.05) is 120 Å². The first kappa shape index (κ1) is 100. The van der Waals surface area contributed by atoms with Gasteiger partial charge in [-0.2, -0.15) is 0 Å². The number of nitrogens with zero attached hydrogens (tertiary/aromatic N) is 3. The molecule has 0 spiro atoms. The molecule has 697 valence electrons. The Bertz CT molecular complexity index is 6960. The Hall–Kier alpha value is -8.63. The Morgan fingerprint density at radius 3 is 0.765 bits per heavy atom. The van der Waals surface area contributed by atoms with E-state index in [4.69, 9.17) is 0 Å². The van der Waals surface area contributed by atoms with Gasteiger partial charge in [-0.3, -0.25) is 0 Å². The number of nitrogens with one attached hydrogen (secondary N) is 2. The van der Waals surface area contributed by atoms with Crippen LogP contribution in [-0.2, 0) is 16.2 Å². The topological polar surface area (TPSA) is 53.8 Å². The number of hydrogen-bond acceptors (Lipinski definition) is 2. The number of halogens is 6. The zero-order valence-corrected chi connectivity index (χ0v) is 90.5. The number of fused-ring (bicyclic) bond motifs is 21. The van der Waals surface area contributed by atoms with E-state index in [0.29, 0.717) is 0 Å². The smallest absolute Gasteiger partial charge is 0.0464 e. The molecule has 0 atom stereocenters. The summed E-state index contributed by atoms with van der Waals surface area (Å²) in [6, 6.07) is 107. The van der Waals surface area contributed by atoms with Crippen LogP contribution in [0.5, 0.6) is 0 Å². The van der Waals surface area contributed by atoms with Gasteiger partial charge in [0.1, 0.15) is 0 Å². The van der Waals surface area contributed by atoms with Crippen LogP contribution in [0.2, 0.25) is 0 Å². The number of para-hydroxylation sites is 6. The van der Waals surface area contributed by atoms with E-state index in [0.717, 1.165) is 8.95 Å². The van der Waals surface area contributed by atoms with Gasteiger partial charge in [0.15, 0.2) is 0 Å². The van der Waals surface area contributed by atoms with Crippen LogP contribution in [0.3, 0.4) is 0 Å². The molecule has 4 heterocycles. The van der Waals surface area contributed by atoms with E-state index in [-0.39, 0.29) is 16.2 Å². The van der Waals surface area contributed by atoms with Crippen LogP contribution in [0.25, 0.3) is 132 Å². The van der Waals surface area contributed by atoms with Gasteiger partial charge >= 0.3 is 24.8 Å². The number of aromatic amines is 2. The minimum Gasteiger partial charge on any atom is -0.355 e. The largest absolute Gasteiger partial charge is 0.355 e. The SMILES string of the molecule is Brc1ccc2[nH]c3ccccc3c2c1.CCCCCCC1(CCCCCC)c2cc(Br)ccc2-c2ccc(-n3c4ccccc4c4cc(Br)ccc43)cc21.CCCCCCC1(CCCCCC)c2cc(Br)ccc2-c2ccc(-n3c4ccccc4c4ccccc43)cc21.CCCCCCC1(CCCCCC)c2cc(Br)ccc2-c2ccc(Br)cc21.[B]=NS.c1ccc2c(c1)[nH]c1ccccc12. The minimum atomic E-state index is 0.0632.